The highest BCUT2D eigenvalue weighted by molar-refractivity contribution is 6.03. The van der Waals surface area contributed by atoms with Crippen LogP contribution in [0.15, 0.2) is 47.3 Å². The third-order valence-corrected chi connectivity index (χ3v) is 4.30. The van der Waals surface area contributed by atoms with Crippen molar-refractivity contribution >= 4 is 28.3 Å². The van der Waals surface area contributed by atoms with E-state index in [0.717, 1.165) is 0 Å². The van der Waals surface area contributed by atoms with E-state index in [1.54, 1.807) is 31.2 Å². The predicted molar refractivity (Wildman–Crippen MR) is 106 cm³/mol. The quantitative estimate of drug-likeness (QED) is 0.646. The molecule has 0 fully saturated rings. The first-order valence-electron chi connectivity index (χ1n) is 9.13. The van der Waals surface area contributed by atoms with Crippen molar-refractivity contribution in [1.29, 1.82) is 0 Å². The molecule has 1 amide bonds. The van der Waals surface area contributed by atoms with Crippen molar-refractivity contribution in [1.82, 2.24) is 9.78 Å². The Balaban J connectivity index is 1.79. The number of hydrogen-bond donors (Lipinski definition) is 1. The number of aromatic nitrogens is 2. The van der Waals surface area contributed by atoms with E-state index in [4.69, 9.17) is 4.74 Å². The molecule has 3 aromatic rings. The summed E-state index contributed by atoms with van der Waals surface area (Å²) in [4.78, 5) is 37.2. The minimum atomic E-state index is -0.822. The highest BCUT2D eigenvalue weighted by Crippen LogP contribution is 2.17. The Labute approximate surface area is 166 Å². The fourth-order valence-electron chi connectivity index (χ4n) is 2.86. The normalized spacial score (nSPS) is 10.7. The van der Waals surface area contributed by atoms with Gasteiger partial charge < -0.3 is 10.1 Å². The molecule has 0 aliphatic heterocycles. The molecular weight excluding hydrogens is 377 g/mol. The molecule has 0 aliphatic carbocycles. The second-order valence-corrected chi connectivity index (χ2v) is 6.51. The molecule has 0 atom stereocenters. The summed E-state index contributed by atoms with van der Waals surface area (Å²) in [6.45, 7) is 3.38. The van der Waals surface area contributed by atoms with E-state index < -0.39 is 24.3 Å². The Kier molecular flexibility index (Phi) is 6.01. The number of carbonyl (C=O) groups excluding carboxylic acids is 2. The van der Waals surface area contributed by atoms with Crippen LogP contribution in [-0.4, -0.2) is 28.3 Å². The van der Waals surface area contributed by atoms with Crippen molar-refractivity contribution in [2.45, 2.75) is 26.8 Å². The third kappa shape index (κ3) is 4.48. The number of aryl methyl sites for hydroxylation is 2. The molecule has 1 N–H and O–H groups in total. The largest absolute Gasteiger partial charge is 0.451 e. The zero-order valence-corrected chi connectivity index (χ0v) is 16.1. The number of benzene rings is 2. The molecule has 0 bridgehead atoms. The molecule has 0 aliphatic rings. The van der Waals surface area contributed by atoms with Gasteiger partial charge in [0.05, 0.1) is 5.39 Å². The molecule has 7 nitrogen and oxygen atoms in total. The first kappa shape index (κ1) is 20.2. The van der Waals surface area contributed by atoms with Crippen LogP contribution in [-0.2, 0) is 16.1 Å². The molecule has 0 unspecified atom stereocenters. The second kappa shape index (κ2) is 8.64. The van der Waals surface area contributed by atoms with Gasteiger partial charge in [-0.3, -0.25) is 9.59 Å². The molecule has 0 radical (unpaired) electrons. The van der Waals surface area contributed by atoms with Crippen LogP contribution < -0.4 is 10.9 Å². The highest BCUT2D eigenvalue weighted by atomic mass is 19.1. The molecule has 0 spiro atoms. The molecule has 0 saturated heterocycles. The number of anilines is 1. The topological polar surface area (TPSA) is 90.3 Å². The van der Waals surface area contributed by atoms with Gasteiger partial charge in [0.15, 0.2) is 12.3 Å². The monoisotopic (exact) mass is 397 g/mol. The third-order valence-electron chi connectivity index (χ3n) is 4.30. The second-order valence-electron chi connectivity index (χ2n) is 6.51. The minimum Gasteiger partial charge on any atom is -0.451 e. The summed E-state index contributed by atoms with van der Waals surface area (Å²) in [6.07, 6.45) is 0.662. The summed E-state index contributed by atoms with van der Waals surface area (Å²) in [5, 5.41) is 7.34. The van der Waals surface area contributed by atoms with E-state index in [1.165, 1.54) is 22.9 Å². The molecule has 0 saturated carbocycles. The van der Waals surface area contributed by atoms with E-state index in [-0.39, 0.29) is 11.3 Å². The first-order chi connectivity index (χ1) is 13.9. The molecule has 150 valence electrons. The standard InChI is InChI=1S/C21H20FN3O4/c1-3-10-25-20(27)16-7-5-4-6-15(16)19(24-25)21(28)29-12-18(26)23-17-11-14(22)9-8-13(17)2/h4-9,11H,3,10,12H2,1-2H3,(H,23,26). The van der Waals surface area contributed by atoms with Crippen molar-refractivity contribution in [2.75, 3.05) is 11.9 Å². The number of nitrogens with one attached hydrogen (secondary N) is 1. The van der Waals surface area contributed by atoms with Crippen molar-refractivity contribution < 1.29 is 18.7 Å². The van der Waals surface area contributed by atoms with Crippen LogP contribution in [0.25, 0.3) is 10.8 Å². The van der Waals surface area contributed by atoms with Gasteiger partial charge in [-0.05, 0) is 37.1 Å². The summed E-state index contributed by atoms with van der Waals surface area (Å²) in [5.74, 6) is -1.92. The zero-order valence-electron chi connectivity index (χ0n) is 16.1. The van der Waals surface area contributed by atoms with Crippen molar-refractivity contribution in [3.05, 3.63) is 69.9 Å². The maximum atomic E-state index is 13.3. The Bertz CT molecular complexity index is 1140. The predicted octanol–water partition coefficient (Wildman–Crippen LogP) is 3.05. The molecule has 3 rings (SSSR count). The number of rotatable bonds is 6. The number of amides is 1. The van der Waals surface area contributed by atoms with Crippen LogP contribution >= 0.6 is 0 Å². The number of hydrogen-bond acceptors (Lipinski definition) is 5. The molecule has 29 heavy (non-hydrogen) atoms. The zero-order chi connectivity index (χ0) is 21.0. The number of ether oxygens (including phenoxy) is 1. The van der Waals surface area contributed by atoms with Gasteiger partial charge in [0.1, 0.15) is 5.82 Å². The molecule has 8 heteroatoms. The van der Waals surface area contributed by atoms with E-state index in [2.05, 4.69) is 10.4 Å². The lowest BCUT2D eigenvalue weighted by molar-refractivity contribution is -0.119. The summed E-state index contributed by atoms with van der Waals surface area (Å²) >= 11 is 0. The van der Waals surface area contributed by atoms with Gasteiger partial charge in [-0.1, -0.05) is 31.2 Å². The Morgan fingerprint density at radius 2 is 1.90 bits per heavy atom. The van der Waals surface area contributed by atoms with Gasteiger partial charge in [-0.25, -0.2) is 13.9 Å². The number of carbonyl (C=O) groups is 2. The fraction of sp³-hybridized carbons (Fsp3) is 0.238. The Hall–Kier alpha value is -3.55. The van der Waals surface area contributed by atoms with Gasteiger partial charge in [0.2, 0.25) is 0 Å². The number of fused-ring (bicyclic) bond motifs is 1. The molecule has 2 aromatic carbocycles. The van der Waals surface area contributed by atoms with Crippen LogP contribution in [0, 0.1) is 12.7 Å². The van der Waals surface area contributed by atoms with E-state index >= 15 is 0 Å². The number of nitrogens with zero attached hydrogens (tertiary/aromatic N) is 2. The smallest absolute Gasteiger partial charge is 0.359 e. The summed E-state index contributed by atoms with van der Waals surface area (Å²) in [6, 6.07) is 10.6. The highest BCUT2D eigenvalue weighted by Gasteiger charge is 2.19. The van der Waals surface area contributed by atoms with Crippen LogP contribution in [0.3, 0.4) is 0 Å². The van der Waals surface area contributed by atoms with Gasteiger partial charge in [0.25, 0.3) is 11.5 Å². The van der Waals surface area contributed by atoms with Gasteiger partial charge in [-0.2, -0.15) is 5.10 Å². The molecular formula is C21H20FN3O4. The Morgan fingerprint density at radius 1 is 1.17 bits per heavy atom. The minimum absolute atomic E-state index is 0.0385. The van der Waals surface area contributed by atoms with E-state index in [0.29, 0.717) is 35.0 Å². The van der Waals surface area contributed by atoms with Gasteiger partial charge >= 0.3 is 5.97 Å². The first-order valence-corrected chi connectivity index (χ1v) is 9.13. The summed E-state index contributed by atoms with van der Waals surface area (Å²) in [7, 11) is 0. The lowest BCUT2D eigenvalue weighted by atomic mass is 10.1. The maximum absolute atomic E-state index is 13.3. The van der Waals surface area contributed by atoms with Crippen molar-refractivity contribution in [3.8, 4) is 0 Å². The SMILES string of the molecule is CCCn1nc(C(=O)OCC(=O)Nc2cc(F)ccc2C)c2ccccc2c1=O. The van der Waals surface area contributed by atoms with Crippen LogP contribution in [0.1, 0.15) is 29.4 Å². The van der Waals surface area contributed by atoms with Gasteiger partial charge in [0, 0.05) is 17.6 Å². The number of esters is 1. The molecule has 1 heterocycles. The lowest BCUT2D eigenvalue weighted by Gasteiger charge is -2.11. The van der Waals surface area contributed by atoms with Crippen LogP contribution in [0.2, 0.25) is 0 Å². The van der Waals surface area contributed by atoms with E-state index in [1.807, 2.05) is 6.92 Å². The number of halogens is 1. The lowest BCUT2D eigenvalue weighted by Crippen LogP contribution is -2.27. The van der Waals surface area contributed by atoms with Crippen molar-refractivity contribution in [3.63, 3.8) is 0 Å². The maximum Gasteiger partial charge on any atom is 0.359 e. The molecule has 1 aromatic heterocycles. The fourth-order valence-corrected chi connectivity index (χ4v) is 2.86. The van der Waals surface area contributed by atoms with Crippen molar-refractivity contribution in [2.24, 2.45) is 0 Å². The average molecular weight is 397 g/mol. The van der Waals surface area contributed by atoms with Crippen LogP contribution in [0.4, 0.5) is 10.1 Å². The summed E-state index contributed by atoms with van der Waals surface area (Å²) in [5.41, 5.74) is 0.637. The van der Waals surface area contributed by atoms with Crippen LogP contribution in [0.5, 0.6) is 0 Å². The van der Waals surface area contributed by atoms with E-state index in [9.17, 15) is 18.8 Å². The summed E-state index contributed by atoms with van der Waals surface area (Å²) < 4.78 is 19.6. The Morgan fingerprint density at radius 3 is 2.62 bits per heavy atom. The average Bonchev–Trinajstić information content (AvgIpc) is 2.71. The van der Waals surface area contributed by atoms with Gasteiger partial charge in [-0.15, -0.1) is 0 Å².